The maximum absolute atomic E-state index is 12.3. The van der Waals surface area contributed by atoms with Crippen molar-refractivity contribution >= 4 is 33.7 Å². The Kier molecular flexibility index (Phi) is 10.3. The minimum absolute atomic E-state index is 0.0292. The van der Waals surface area contributed by atoms with E-state index in [1.54, 1.807) is 25.3 Å². The Morgan fingerprint density at radius 3 is 2.59 bits per heavy atom. The van der Waals surface area contributed by atoms with Crippen LogP contribution in [0.2, 0.25) is 0 Å². The minimum Gasteiger partial charge on any atom is -0.504 e. The van der Waals surface area contributed by atoms with Crippen molar-refractivity contribution in [2.75, 3.05) is 58.3 Å². The fraction of sp³-hybridized carbons (Fsp3) is 0.600. The summed E-state index contributed by atoms with van der Waals surface area (Å²) in [4.78, 5) is 16.9. The molecule has 7 nitrogen and oxygen atoms in total. The molecule has 1 aliphatic rings. The lowest BCUT2D eigenvalue weighted by molar-refractivity contribution is -0.114. The van der Waals surface area contributed by atoms with Gasteiger partial charge in [-0.2, -0.15) is 0 Å². The molecule has 0 radical (unpaired) electrons. The molecule has 0 saturated heterocycles. The van der Waals surface area contributed by atoms with E-state index in [2.05, 4.69) is 4.99 Å². The van der Waals surface area contributed by atoms with E-state index in [0.29, 0.717) is 61.8 Å². The molecule has 1 N–H and O–H groups in total. The maximum atomic E-state index is 12.3. The number of hydrogen-bond donors (Lipinski definition) is 1. The Morgan fingerprint density at radius 2 is 1.90 bits per heavy atom. The zero-order valence-electron chi connectivity index (χ0n) is 17.1. The van der Waals surface area contributed by atoms with Crippen molar-refractivity contribution in [1.82, 2.24) is 0 Å². The molecule has 0 saturated carbocycles. The van der Waals surface area contributed by atoms with Crippen molar-refractivity contribution in [1.29, 1.82) is 0 Å². The number of carbonyl (C=O) groups is 1. The molecule has 0 amide bonds. The molecule has 1 aromatic rings. The van der Waals surface area contributed by atoms with Gasteiger partial charge in [0.25, 0.3) is 0 Å². The molecule has 0 spiro atoms. The van der Waals surface area contributed by atoms with E-state index in [0.717, 1.165) is 5.75 Å². The van der Waals surface area contributed by atoms with Crippen molar-refractivity contribution < 1.29 is 28.8 Å². The molecular weight excluding hydrogens is 414 g/mol. The third-order valence-corrected chi connectivity index (χ3v) is 6.35. The van der Waals surface area contributed by atoms with Gasteiger partial charge in [0.15, 0.2) is 11.5 Å². The normalized spacial score (nSPS) is 18.7. The number of methoxy groups -OCH3 is 1. The van der Waals surface area contributed by atoms with Gasteiger partial charge in [-0.05, 0) is 24.8 Å². The van der Waals surface area contributed by atoms with Crippen LogP contribution in [0.5, 0.6) is 11.5 Å². The van der Waals surface area contributed by atoms with Crippen LogP contribution in [0.4, 0.5) is 0 Å². The highest BCUT2D eigenvalue weighted by atomic mass is 32.2. The molecule has 0 fully saturated rings. The zero-order valence-corrected chi connectivity index (χ0v) is 18.8. The molecule has 29 heavy (non-hydrogen) atoms. The van der Waals surface area contributed by atoms with Gasteiger partial charge in [0.1, 0.15) is 17.2 Å². The SMILES string of the molecule is CCSC(=O)C1(C)CSC(c2cccc(OCCOCCOCCOC)c2O)=N1. The third-order valence-electron chi connectivity index (χ3n) is 4.07. The van der Waals surface area contributed by atoms with Crippen LogP contribution in [0.15, 0.2) is 23.2 Å². The Labute approximate surface area is 180 Å². The van der Waals surface area contributed by atoms with Gasteiger partial charge in [-0.3, -0.25) is 9.79 Å². The lowest BCUT2D eigenvalue weighted by atomic mass is 10.1. The number of nitrogens with zero attached hydrogens (tertiary/aromatic N) is 1. The van der Waals surface area contributed by atoms with Crippen LogP contribution >= 0.6 is 23.5 Å². The van der Waals surface area contributed by atoms with Crippen LogP contribution in [0.3, 0.4) is 0 Å². The number of benzene rings is 1. The largest absolute Gasteiger partial charge is 0.504 e. The third kappa shape index (κ3) is 7.18. The molecule has 2 rings (SSSR count). The quantitative estimate of drug-likeness (QED) is 0.466. The highest BCUT2D eigenvalue weighted by molar-refractivity contribution is 8.16. The first-order valence-corrected chi connectivity index (χ1v) is 11.5. The van der Waals surface area contributed by atoms with Gasteiger partial charge in [-0.25, -0.2) is 0 Å². The summed E-state index contributed by atoms with van der Waals surface area (Å²) in [6.45, 7) is 6.54. The Bertz CT molecular complexity index is 700. The molecule has 9 heteroatoms. The van der Waals surface area contributed by atoms with Crippen LogP contribution in [-0.2, 0) is 19.0 Å². The Morgan fingerprint density at radius 1 is 1.21 bits per heavy atom. The highest BCUT2D eigenvalue weighted by Gasteiger charge is 2.38. The van der Waals surface area contributed by atoms with Crippen molar-refractivity contribution in [3.63, 3.8) is 0 Å². The second-order valence-corrected chi connectivity index (χ2v) is 8.62. The van der Waals surface area contributed by atoms with E-state index < -0.39 is 5.54 Å². The van der Waals surface area contributed by atoms with Crippen LogP contribution in [0, 0.1) is 0 Å². The molecule has 0 aliphatic carbocycles. The lowest BCUT2D eigenvalue weighted by Gasteiger charge is -2.16. The second kappa shape index (κ2) is 12.4. The molecule has 162 valence electrons. The highest BCUT2D eigenvalue weighted by Crippen LogP contribution is 2.39. The zero-order chi connectivity index (χ0) is 21.1. The number of hydrogen-bond acceptors (Lipinski definition) is 9. The Balaban J connectivity index is 1.86. The van der Waals surface area contributed by atoms with Gasteiger partial charge in [-0.15, -0.1) is 11.8 Å². The van der Waals surface area contributed by atoms with E-state index in [1.807, 2.05) is 13.8 Å². The molecule has 1 aliphatic heterocycles. The first-order valence-electron chi connectivity index (χ1n) is 9.51. The fourth-order valence-corrected chi connectivity index (χ4v) is 4.49. The first kappa shape index (κ1) is 24.0. The van der Waals surface area contributed by atoms with Gasteiger partial charge < -0.3 is 24.1 Å². The van der Waals surface area contributed by atoms with E-state index in [-0.39, 0.29) is 10.9 Å². The summed E-state index contributed by atoms with van der Waals surface area (Å²) < 4.78 is 21.3. The topological polar surface area (TPSA) is 86.6 Å². The smallest absolute Gasteiger partial charge is 0.217 e. The molecule has 0 bridgehead atoms. The number of aromatic hydroxyl groups is 1. The number of para-hydroxylation sites is 1. The summed E-state index contributed by atoms with van der Waals surface area (Å²) in [5, 5.41) is 11.3. The van der Waals surface area contributed by atoms with Crippen LogP contribution in [-0.4, -0.2) is 79.1 Å². The molecular formula is C20H29NO6S2. The van der Waals surface area contributed by atoms with E-state index >= 15 is 0 Å². The average Bonchev–Trinajstić information content (AvgIpc) is 3.11. The monoisotopic (exact) mass is 443 g/mol. The van der Waals surface area contributed by atoms with Crippen molar-refractivity contribution in [3.05, 3.63) is 23.8 Å². The van der Waals surface area contributed by atoms with Gasteiger partial charge in [0.2, 0.25) is 5.12 Å². The van der Waals surface area contributed by atoms with Gasteiger partial charge in [-0.1, -0.05) is 24.8 Å². The molecule has 0 aromatic heterocycles. The fourth-order valence-electron chi connectivity index (χ4n) is 2.51. The summed E-state index contributed by atoms with van der Waals surface area (Å²) in [5.74, 6) is 1.69. The molecule has 1 atom stereocenters. The number of ether oxygens (including phenoxy) is 4. The number of rotatable bonds is 13. The summed E-state index contributed by atoms with van der Waals surface area (Å²) >= 11 is 2.75. The minimum atomic E-state index is -0.761. The summed E-state index contributed by atoms with van der Waals surface area (Å²) in [6, 6.07) is 5.28. The van der Waals surface area contributed by atoms with Crippen molar-refractivity contribution in [2.45, 2.75) is 19.4 Å². The number of phenols is 1. The van der Waals surface area contributed by atoms with E-state index in [1.165, 1.54) is 23.5 Å². The number of phenolic OH excluding ortho intramolecular Hbond substituents is 1. The molecule has 1 unspecified atom stereocenters. The maximum Gasteiger partial charge on any atom is 0.217 e. The number of thioether (sulfide) groups is 2. The first-order chi connectivity index (χ1) is 14.0. The summed E-state index contributed by atoms with van der Waals surface area (Å²) in [6.07, 6.45) is 0. The predicted molar refractivity (Wildman–Crippen MR) is 118 cm³/mol. The lowest BCUT2D eigenvalue weighted by Crippen LogP contribution is -2.31. The number of aliphatic imine (C=N–C) groups is 1. The second-order valence-electron chi connectivity index (χ2n) is 6.42. The van der Waals surface area contributed by atoms with Crippen LogP contribution in [0.25, 0.3) is 0 Å². The summed E-state index contributed by atoms with van der Waals surface area (Å²) in [7, 11) is 1.63. The molecule has 1 heterocycles. The number of carbonyl (C=O) groups excluding carboxylic acids is 1. The van der Waals surface area contributed by atoms with Crippen LogP contribution in [0.1, 0.15) is 19.4 Å². The Hall–Kier alpha value is -1.26. The van der Waals surface area contributed by atoms with Gasteiger partial charge >= 0.3 is 0 Å². The van der Waals surface area contributed by atoms with Crippen molar-refractivity contribution in [3.8, 4) is 11.5 Å². The van der Waals surface area contributed by atoms with Gasteiger partial charge in [0, 0.05) is 12.9 Å². The van der Waals surface area contributed by atoms with E-state index in [4.69, 9.17) is 18.9 Å². The van der Waals surface area contributed by atoms with Crippen molar-refractivity contribution in [2.24, 2.45) is 4.99 Å². The van der Waals surface area contributed by atoms with Crippen LogP contribution < -0.4 is 4.74 Å². The van der Waals surface area contributed by atoms with E-state index in [9.17, 15) is 9.90 Å². The summed E-state index contributed by atoms with van der Waals surface area (Å²) in [5.41, 5.74) is -0.179. The predicted octanol–water partition coefficient (Wildman–Crippen LogP) is 2.98. The average molecular weight is 444 g/mol. The standard InChI is InChI=1S/C20H29NO6S2/c1-4-28-19(23)20(2)14-29-18(21-20)15-6-5-7-16(17(15)22)27-13-12-26-11-10-25-9-8-24-3/h5-7,22H,4,8-14H2,1-3H3. The molecule has 1 aromatic carbocycles. The van der Waals surface area contributed by atoms with Gasteiger partial charge in [0.05, 0.1) is 38.6 Å².